The summed E-state index contributed by atoms with van der Waals surface area (Å²) in [6.45, 7) is 1.22. The number of benzene rings is 3. The number of amides is 1. The minimum Gasteiger partial charge on any atom is -0.356 e. The summed E-state index contributed by atoms with van der Waals surface area (Å²) < 4.78 is 0. The van der Waals surface area contributed by atoms with Crippen LogP contribution in [-0.2, 0) is 13.1 Å². The molecule has 4 nitrogen and oxygen atoms in total. The second-order valence-corrected chi connectivity index (χ2v) is 8.19. The summed E-state index contributed by atoms with van der Waals surface area (Å²) in [6, 6.07) is 26.5. The zero-order valence-electron chi connectivity index (χ0n) is 17.5. The largest absolute Gasteiger partial charge is 0.356 e. The van der Waals surface area contributed by atoms with Gasteiger partial charge in [0.15, 0.2) is 0 Å². The molecule has 0 atom stereocenters. The molecule has 1 aliphatic heterocycles. The van der Waals surface area contributed by atoms with Crippen LogP contribution < -0.4 is 0 Å². The molecular weight excluding hydrogens is 394 g/mol. The van der Waals surface area contributed by atoms with Crippen molar-refractivity contribution < 1.29 is 4.79 Å². The third-order valence-corrected chi connectivity index (χ3v) is 6.08. The van der Waals surface area contributed by atoms with Crippen molar-refractivity contribution >= 4 is 39.7 Å². The minimum absolute atomic E-state index is 0.0905. The van der Waals surface area contributed by atoms with Crippen LogP contribution in [0.1, 0.15) is 32.9 Å². The lowest BCUT2D eigenvalue weighted by molar-refractivity contribution is 0.0767. The Bertz CT molecular complexity index is 1480. The first-order valence-corrected chi connectivity index (χ1v) is 10.8. The zero-order chi connectivity index (χ0) is 21.5. The molecular formula is C28H21N3O. The summed E-state index contributed by atoms with van der Waals surface area (Å²) >= 11 is 0. The number of nitrogens with one attached hydrogen (secondary N) is 1. The Morgan fingerprint density at radius 3 is 2.50 bits per heavy atom. The molecule has 0 saturated heterocycles. The highest BCUT2D eigenvalue weighted by atomic mass is 16.2. The van der Waals surface area contributed by atoms with E-state index in [0.29, 0.717) is 13.1 Å². The molecule has 0 aliphatic carbocycles. The van der Waals surface area contributed by atoms with Gasteiger partial charge in [0.1, 0.15) is 0 Å². The zero-order valence-corrected chi connectivity index (χ0v) is 17.5. The highest BCUT2D eigenvalue weighted by molar-refractivity contribution is 6.16. The van der Waals surface area contributed by atoms with Gasteiger partial charge in [-0.25, -0.2) is 0 Å². The SMILES string of the molecule is O=C1c2c([nH]c3c2ccc2cnc(C=Cc4ccccc4)cc23)CN1Cc1ccccc1. The molecule has 3 aromatic carbocycles. The molecule has 0 spiro atoms. The van der Waals surface area contributed by atoms with Gasteiger partial charge in [0.25, 0.3) is 5.91 Å². The van der Waals surface area contributed by atoms with E-state index in [1.54, 1.807) is 0 Å². The number of aromatic amines is 1. The summed E-state index contributed by atoms with van der Waals surface area (Å²) in [4.78, 5) is 23.3. The summed E-state index contributed by atoms with van der Waals surface area (Å²) in [5, 5.41) is 3.13. The molecule has 0 radical (unpaired) electrons. The van der Waals surface area contributed by atoms with Crippen LogP contribution in [0.15, 0.2) is 85.1 Å². The lowest BCUT2D eigenvalue weighted by atomic mass is 10.1. The van der Waals surface area contributed by atoms with E-state index in [0.717, 1.165) is 49.8 Å². The Hall–Kier alpha value is -4.18. The summed E-state index contributed by atoms with van der Waals surface area (Å²) in [6.07, 6.45) is 5.99. The Kier molecular flexibility index (Phi) is 4.36. The number of hydrogen-bond acceptors (Lipinski definition) is 2. The van der Waals surface area contributed by atoms with Crippen molar-refractivity contribution in [2.75, 3.05) is 0 Å². The number of aromatic nitrogens is 2. The Morgan fingerprint density at radius 1 is 0.906 bits per heavy atom. The van der Waals surface area contributed by atoms with Crippen LogP contribution in [0.3, 0.4) is 0 Å². The van der Waals surface area contributed by atoms with Crippen LogP contribution in [0, 0.1) is 0 Å². The topological polar surface area (TPSA) is 49.0 Å². The van der Waals surface area contributed by atoms with Gasteiger partial charge in [-0.1, -0.05) is 78.9 Å². The van der Waals surface area contributed by atoms with Crippen molar-refractivity contribution in [3.8, 4) is 0 Å². The fraction of sp³-hybridized carbons (Fsp3) is 0.0714. The van der Waals surface area contributed by atoms with Crippen molar-refractivity contribution in [1.29, 1.82) is 0 Å². The molecule has 32 heavy (non-hydrogen) atoms. The van der Waals surface area contributed by atoms with Crippen LogP contribution in [-0.4, -0.2) is 20.8 Å². The van der Waals surface area contributed by atoms with Crippen molar-refractivity contribution in [3.05, 3.63) is 113 Å². The fourth-order valence-electron chi connectivity index (χ4n) is 4.50. The third kappa shape index (κ3) is 3.17. The van der Waals surface area contributed by atoms with E-state index in [1.165, 1.54) is 0 Å². The first-order valence-electron chi connectivity index (χ1n) is 10.8. The average Bonchev–Trinajstić information content (AvgIpc) is 3.35. The Morgan fingerprint density at radius 2 is 1.69 bits per heavy atom. The highest BCUT2D eigenvalue weighted by Gasteiger charge is 2.31. The molecule has 2 aromatic heterocycles. The third-order valence-electron chi connectivity index (χ3n) is 6.08. The number of H-pyrrole nitrogens is 1. The predicted octanol–water partition coefficient (Wildman–Crippen LogP) is 6.04. The van der Waals surface area contributed by atoms with Gasteiger partial charge in [0.05, 0.1) is 23.3 Å². The molecule has 154 valence electrons. The van der Waals surface area contributed by atoms with Crippen LogP contribution in [0.4, 0.5) is 0 Å². The molecule has 0 bridgehead atoms. The maximum Gasteiger partial charge on any atom is 0.257 e. The van der Waals surface area contributed by atoms with Crippen molar-refractivity contribution in [3.63, 3.8) is 0 Å². The summed E-state index contributed by atoms with van der Waals surface area (Å²) in [5.41, 5.74) is 5.97. The molecule has 0 unspecified atom stereocenters. The van der Waals surface area contributed by atoms with Crippen LogP contribution in [0.25, 0.3) is 33.8 Å². The van der Waals surface area contributed by atoms with E-state index in [-0.39, 0.29) is 5.91 Å². The Balaban J connectivity index is 1.37. The monoisotopic (exact) mass is 415 g/mol. The van der Waals surface area contributed by atoms with E-state index in [9.17, 15) is 4.79 Å². The first-order chi connectivity index (χ1) is 15.8. The maximum absolute atomic E-state index is 13.2. The normalized spacial score (nSPS) is 13.5. The van der Waals surface area contributed by atoms with Gasteiger partial charge in [-0.3, -0.25) is 9.78 Å². The van der Waals surface area contributed by atoms with Crippen LogP contribution in [0.2, 0.25) is 0 Å². The standard InChI is InChI=1S/C28H21N3O/c32-28-26-23-14-12-21-16-29-22(13-11-19-7-3-1-4-8-19)15-24(21)27(23)30-25(26)18-31(28)17-20-9-5-2-6-10-20/h1-16,30H,17-18H2. The quantitative estimate of drug-likeness (QED) is 0.389. The number of nitrogens with zero attached hydrogens (tertiary/aromatic N) is 2. The van der Waals surface area contributed by atoms with Gasteiger partial charge < -0.3 is 9.88 Å². The van der Waals surface area contributed by atoms with Crippen molar-refractivity contribution in [2.24, 2.45) is 0 Å². The van der Waals surface area contributed by atoms with E-state index < -0.39 is 0 Å². The summed E-state index contributed by atoms with van der Waals surface area (Å²) in [5.74, 6) is 0.0905. The van der Waals surface area contributed by atoms with E-state index in [1.807, 2.05) is 59.6 Å². The summed E-state index contributed by atoms with van der Waals surface area (Å²) in [7, 11) is 0. The number of hydrogen-bond donors (Lipinski definition) is 1. The molecule has 1 amide bonds. The molecule has 6 rings (SSSR count). The number of pyridine rings is 1. The number of rotatable bonds is 4. The van der Waals surface area contributed by atoms with Crippen LogP contribution >= 0.6 is 0 Å². The van der Waals surface area contributed by atoms with Gasteiger partial charge >= 0.3 is 0 Å². The molecule has 0 saturated carbocycles. The lowest BCUT2D eigenvalue weighted by Crippen LogP contribution is -2.23. The maximum atomic E-state index is 13.2. The highest BCUT2D eigenvalue weighted by Crippen LogP contribution is 2.35. The van der Waals surface area contributed by atoms with Gasteiger partial charge in [-0.05, 0) is 23.3 Å². The molecule has 3 heterocycles. The van der Waals surface area contributed by atoms with Crippen molar-refractivity contribution in [1.82, 2.24) is 14.9 Å². The van der Waals surface area contributed by atoms with Crippen LogP contribution in [0.5, 0.6) is 0 Å². The van der Waals surface area contributed by atoms with E-state index in [2.05, 4.69) is 52.4 Å². The fourth-order valence-corrected chi connectivity index (χ4v) is 4.50. The number of carbonyl (C=O) groups is 1. The molecule has 1 aliphatic rings. The first kappa shape index (κ1) is 18.6. The van der Waals surface area contributed by atoms with Gasteiger partial charge in [0, 0.05) is 34.6 Å². The molecule has 4 heteroatoms. The van der Waals surface area contributed by atoms with E-state index >= 15 is 0 Å². The number of fused-ring (bicyclic) bond motifs is 5. The molecule has 1 N–H and O–H groups in total. The average molecular weight is 415 g/mol. The van der Waals surface area contributed by atoms with Gasteiger partial charge in [-0.2, -0.15) is 0 Å². The second-order valence-electron chi connectivity index (χ2n) is 8.19. The lowest BCUT2D eigenvalue weighted by Gasteiger charge is -2.16. The Labute approximate surface area is 185 Å². The predicted molar refractivity (Wildman–Crippen MR) is 129 cm³/mol. The van der Waals surface area contributed by atoms with Gasteiger partial charge in [-0.15, -0.1) is 0 Å². The smallest absolute Gasteiger partial charge is 0.257 e. The molecule has 0 fully saturated rings. The number of carbonyl (C=O) groups excluding carboxylic acids is 1. The van der Waals surface area contributed by atoms with Crippen molar-refractivity contribution in [2.45, 2.75) is 13.1 Å². The van der Waals surface area contributed by atoms with Gasteiger partial charge in [0.2, 0.25) is 0 Å². The second kappa shape index (κ2) is 7.50. The minimum atomic E-state index is 0.0905. The molecule has 5 aromatic rings. The van der Waals surface area contributed by atoms with E-state index in [4.69, 9.17) is 0 Å².